The third kappa shape index (κ3) is 4.52. The van der Waals surface area contributed by atoms with Crippen LogP contribution in [0.2, 0.25) is 5.02 Å². The lowest BCUT2D eigenvalue weighted by atomic mass is 10.1. The highest BCUT2D eigenvalue weighted by molar-refractivity contribution is 6.30. The summed E-state index contributed by atoms with van der Waals surface area (Å²) in [4.78, 5) is 25.0. The van der Waals surface area contributed by atoms with Crippen LogP contribution in [-0.4, -0.2) is 24.6 Å². The summed E-state index contributed by atoms with van der Waals surface area (Å²) in [5.41, 5.74) is 1.67. The molecule has 0 fully saturated rings. The summed E-state index contributed by atoms with van der Waals surface area (Å²) in [6, 6.07) is 14.0. The van der Waals surface area contributed by atoms with E-state index >= 15 is 0 Å². The van der Waals surface area contributed by atoms with Crippen molar-refractivity contribution in [1.82, 2.24) is 0 Å². The van der Waals surface area contributed by atoms with Gasteiger partial charge in [-0.05, 0) is 38.1 Å². The van der Waals surface area contributed by atoms with Crippen molar-refractivity contribution >= 4 is 40.1 Å². The third-order valence-electron chi connectivity index (χ3n) is 4.08. The monoisotopic (exact) mass is 401 g/mol. The van der Waals surface area contributed by atoms with Gasteiger partial charge in [0.2, 0.25) is 5.76 Å². The Morgan fingerprint density at radius 3 is 2.71 bits per heavy atom. The zero-order valence-electron chi connectivity index (χ0n) is 15.5. The Labute approximate surface area is 167 Å². The summed E-state index contributed by atoms with van der Waals surface area (Å²) in [6.45, 7) is 4.05. The van der Waals surface area contributed by atoms with Crippen molar-refractivity contribution in [3.05, 3.63) is 64.9 Å². The number of carbonyl (C=O) groups excluding carboxylic acids is 2. The minimum absolute atomic E-state index is 0.0389. The molecule has 146 valence electrons. The molecule has 0 aliphatic heterocycles. The van der Waals surface area contributed by atoms with E-state index in [1.54, 1.807) is 30.3 Å². The van der Waals surface area contributed by atoms with Gasteiger partial charge in [0, 0.05) is 28.3 Å². The number of benzene rings is 2. The molecule has 0 saturated carbocycles. The smallest absolute Gasteiger partial charge is 0.375 e. The number of rotatable bonds is 7. The van der Waals surface area contributed by atoms with Crippen LogP contribution in [0.5, 0.6) is 0 Å². The van der Waals surface area contributed by atoms with Gasteiger partial charge in [0.15, 0.2) is 6.10 Å². The fourth-order valence-corrected chi connectivity index (χ4v) is 2.88. The Morgan fingerprint density at radius 2 is 1.96 bits per heavy atom. The predicted octanol–water partition coefficient (Wildman–Crippen LogP) is 4.81. The molecule has 28 heavy (non-hydrogen) atoms. The van der Waals surface area contributed by atoms with Gasteiger partial charge < -0.3 is 19.2 Å². The molecule has 2 aromatic carbocycles. The quantitative estimate of drug-likeness (QED) is 0.575. The van der Waals surface area contributed by atoms with Crippen LogP contribution in [0.1, 0.15) is 30.0 Å². The first-order chi connectivity index (χ1) is 13.5. The fourth-order valence-electron chi connectivity index (χ4n) is 2.69. The number of furan rings is 1. The number of carbonyl (C=O) groups is 2. The standard InChI is InChI=1S/C21H20ClNO5/c1-3-26-12-17-16-9-4-5-10-18(16)28-19(17)21(25)27-13(2)20(24)23-15-8-6-7-14(22)11-15/h4-11,13H,3,12H2,1-2H3,(H,23,24)/t13-/m1/s1. The minimum Gasteiger partial charge on any atom is -0.449 e. The van der Waals surface area contributed by atoms with Crippen LogP contribution in [0.3, 0.4) is 0 Å². The Bertz CT molecular complexity index is 997. The number of esters is 1. The topological polar surface area (TPSA) is 77.8 Å². The predicted molar refractivity (Wildman–Crippen MR) is 107 cm³/mol. The van der Waals surface area contributed by atoms with Gasteiger partial charge in [0.05, 0.1) is 6.61 Å². The Hall–Kier alpha value is -2.83. The summed E-state index contributed by atoms with van der Waals surface area (Å²) >= 11 is 5.91. The summed E-state index contributed by atoms with van der Waals surface area (Å²) in [6.07, 6.45) is -1.03. The molecule has 1 heterocycles. The molecule has 0 saturated heterocycles. The number of hydrogen-bond donors (Lipinski definition) is 1. The average Bonchev–Trinajstić information content (AvgIpc) is 3.05. The van der Waals surface area contributed by atoms with Crippen LogP contribution < -0.4 is 5.32 Å². The van der Waals surface area contributed by atoms with Gasteiger partial charge in [-0.15, -0.1) is 0 Å². The molecule has 0 aliphatic rings. The molecule has 3 rings (SSSR count). The molecule has 0 aliphatic carbocycles. The van der Waals surface area contributed by atoms with Crippen molar-refractivity contribution in [2.75, 3.05) is 11.9 Å². The molecular weight excluding hydrogens is 382 g/mol. The van der Waals surface area contributed by atoms with E-state index in [1.807, 2.05) is 25.1 Å². The van der Waals surface area contributed by atoms with E-state index in [-0.39, 0.29) is 12.4 Å². The van der Waals surface area contributed by atoms with Crippen molar-refractivity contribution in [3.8, 4) is 0 Å². The molecule has 3 aromatic rings. The van der Waals surface area contributed by atoms with E-state index in [1.165, 1.54) is 6.92 Å². The van der Waals surface area contributed by atoms with Gasteiger partial charge in [-0.2, -0.15) is 0 Å². The molecule has 0 spiro atoms. The van der Waals surface area contributed by atoms with Gasteiger partial charge in [-0.25, -0.2) is 4.79 Å². The van der Waals surface area contributed by atoms with E-state index in [2.05, 4.69) is 5.32 Å². The maximum absolute atomic E-state index is 12.6. The van der Waals surface area contributed by atoms with Crippen molar-refractivity contribution in [3.63, 3.8) is 0 Å². The molecule has 1 aromatic heterocycles. The second-order valence-corrected chi connectivity index (χ2v) is 6.53. The van der Waals surface area contributed by atoms with E-state index in [0.29, 0.717) is 28.5 Å². The minimum atomic E-state index is -1.03. The van der Waals surface area contributed by atoms with Crippen molar-refractivity contribution in [2.45, 2.75) is 26.6 Å². The molecule has 0 radical (unpaired) electrons. The van der Waals surface area contributed by atoms with E-state index in [9.17, 15) is 9.59 Å². The van der Waals surface area contributed by atoms with Crippen LogP contribution in [0, 0.1) is 0 Å². The molecule has 1 atom stereocenters. The van der Waals surface area contributed by atoms with Gasteiger partial charge in [-0.1, -0.05) is 35.9 Å². The van der Waals surface area contributed by atoms with Gasteiger partial charge >= 0.3 is 5.97 Å². The molecule has 0 unspecified atom stereocenters. The SMILES string of the molecule is CCOCc1c(C(=O)O[C@H](C)C(=O)Nc2cccc(Cl)c2)oc2ccccc12. The van der Waals surface area contributed by atoms with E-state index < -0.39 is 18.0 Å². The number of anilines is 1. The highest BCUT2D eigenvalue weighted by Crippen LogP contribution is 2.27. The highest BCUT2D eigenvalue weighted by Gasteiger charge is 2.26. The van der Waals surface area contributed by atoms with E-state index in [0.717, 1.165) is 5.39 Å². The first-order valence-electron chi connectivity index (χ1n) is 8.85. The van der Waals surface area contributed by atoms with Crippen LogP contribution in [0.4, 0.5) is 5.69 Å². The first kappa shape index (κ1) is 19.9. The van der Waals surface area contributed by atoms with Crippen molar-refractivity contribution in [1.29, 1.82) is 0 Å². The maximum Gasteiger partial charge on any atom is 0.375 e. The van der Waals surface area contributed by atoms with Crippen molar-refractivity contribution < 1.29 is 23.5 Å². The van der Waals surface area contributed by atoms with Crippen LogP contribution >= 0.6 is 11.6 Å². The zero-order chi connectivity index (χ0) is 20.1. The third-order valence-corrected chi connectivity index (χ3v) is 4.31. The van der Waals surface area contributed by atoms with Crippen molar-refractivity contribution in [2.24, 2.45) is 0 Å². The summed E-state index contributed by atoms with van der Waals surface area (Å²) in [5.74, 6) is -1.16. The van der Waals surface area contributed by atoms with Crippen LogP contribution in [0.25, 0.3) is 11.0 Å². The Kier molecular flexibility index (Phi) is 6.34. The molecule has 1 N–H and O–H groups in total. The lowest BCUT2D eigenvalue weighted by Gasteiger charge is -2.13. The second kappa shape index (κ2) is 8.91. The lowest BCUT2D eigenvalue weighted by Crippen LogP contribution is -2.30. The lowest BCUT2D eigenvalue weighted by molar-refractivity contribution is -0.123. The number of hydrogen-bond acceptors (Lipinski definition) is 5. The van der Waals surface area contributed by atoms with E-state index in [4.69, 9.17) is 25.5 Å². The first-order valence-corrected chi connectivity index (χ1v) is 9.23. The summed E-state index contributed by atoms with van der Waals surface area (Å²) in [7, 11) is 0. The largest absolute Gasteiger partial charge is 0.449 e. The number of para-hydroxylation sites is 1. The molecular formula is C21H20ClNO5. The summed E-state index contributed by atoms with van der Waals surface area (Å²) in [5, 5.41) is 3.93. The normalized spacial score (nSPS) is 12.0. The second-order valence-electron chi connectivity index (χ2n) is 6.09. The highest BCUT2D eigenvalue weighted by atomic mass is 35.5. The zero-order valence-corrected chi connectivity index (χ0v) is 16.3. The molecule has 6 nitrogen and oxygen atoms in total. The maximum atomic E-state index is 12.6. The number of halogens is 1. The van der Waals surface area contributed by atoms with Crippen LogP contribution in [0.15, 0.2) is 52.9 Å². The number of amides is 1. The molecule has 7 heteroatoms. The number of fused-ring (bicyclic) bond motifs is 1. The fraction of sp³-hybridized carbons (Fsp3) is 0.238. The summed E-state index contributed by atoms with van der Waals surface area (Å²) < 4.78 is 16.4. The Morgan fingerprint density at radius 1 is 1.18 bits per heavy atom. The van der Waals surface area contributed by atoms with Crippen LogP contribution in [-0.2, 0) is 20.9 Å². The van der Waals surface area contributed by atoms with Gasteiger partial charge in [-0.3, -0.25) is 4.79 Å². The van der Waals surface area contributed by atoms with Gasteiger partial charge in [0.25, 0.3) is 5.91 Å². The number of nitrogens with one attached hydrogen (secondary N) is 1. The molecule has 1 amide bonds. The Balaban J connectivity index is 1.75. The van der Waals surface area contributed by atoms with Gasteiger partial charge in [0.1, 0.15) is 5.58 Å². The molecule has 0 bridgehead atoms. The number of ether oxygens (including phenoxy) is 2. The average molecular weight is 402 g/mol.